The molecule has 3 aromatic rings. The predicted molar refractivity (Wildman–Crippen MR) is 111 cm³/mol. The Balaban J connectivity index is 1.22. The maximum absolute atomic E-state index is 5.51. The minimum atomic E-state index is 0.330. The summed E-state index contributed by atoms with van der Waals surface area (Å²) in [5.41, 5.74) is 2.44. The van der Waals surface area contributed by atoms with Crippen molar-refractivity contribution >= 4 is 0 Å². The molecule has 5 rings (SSSR count). The summed E-state index contributed by atoms with van der Waals surface area (Å²) >= 11 is 0. The van der Waals surface area contributed by atoms with E-state index >= 15 is 0 Å². The Morgan fingerprint density at radius 1 is 0.966 bits per heavy atom. The molecular weight excluding hydrogens is 364 g/mol. The van der Waals surface area contributed by atoms with Crippen molar-refractivity contribution < 1.29 is 9.47 Å². The molecule has 2 aromatic carbocycles. The number of fused-ring (bicyclic) bond motifs is 2. The average Bonchev–Trinajstić information content (AvgIpc) is 3.32. The lowest BCUT2D eigenvalue weighted by Gasteiger charge is -2.24. The van der Waals surface area contributed by atoms with Gasteiger partial charge in [0.2, 0.25) is 6.79 Å². The third-order valence-corrected chi connectivity index (χ3v) is 5.74. The first-order chi connectivity index (χ1) is 14.3. The largest absolute Gasteiger partial charge is 0.454 e. The van der Waals surface area contributed by atoms with Gasteiger partial charge in [-0.05, 0) is 30.0 Å². The molecule has 29 heavy (non-hydrogen) atoms. The predicted octanol–water partition coefficient (Wildman–Crippen LogP) is 3.41. The maximum Gasteiger partial charge on any atom is 0.231 e. The maximum atomic E-state index is 5.51. The zero-order valence-electron chi connectivity index (χ0n) is 16.8. The molecule has 0 saturated carbocycles. The second-order valence-corrected chi connectivity index (χ2v) is 8.01. The van der Waals surface area contributed by atoms with Gasteiger partial charge in [-0.25, -0.2) is 0 Å². The first-order valence-electron chi connectivity index (χ1n) is 10.3. The summed E-state index contributed by atoms with van der Waals surface area (Å²) in [6.07, 6.45) is 1.98. The summed E-state index contributed by atoms with van der Waals surface area (Å²) in [6.45, 7) is 6.72. The number of benzene rings is 2. The van der Waals surface area contributed by atoms with Crippen LogP contribution in [0.1, 0.15) is 18.3 Å². The molecule has 6 nitrogen and oxygen atoms in total. The lowest BCUT2D eigenvalue weighted by Crippen LogP contribution is -2.32. The molecule has 0 spiro atoms. The van der Waals surface area contributed by atoms with Crippen LogP contribution in [0.25, 0.3) is 11.4 Å². The van der Waals surface area contributed by atoms with Gasteiger partial charge >= 0.3 is 0 Å². The number of ether oxygens (including phenoxy) is 2. The molecule has 0 aliphatic carbocycles. The van der Waals surface area contributed by atoms with Crippen LogP contribution in [0.3, 0.4) is 0 Å². The van der Waals surface area contributed by atoms with E-state index in [1.165, 1.54) is 5.56 Å². The molecule has 150 valence electrons. The third kappa shape index (κ3) is 3.85. The van der Waals surface area contributed by atoms with Crippen LogP contribution in [0.2, 0.25) is 0 Å². The average molecular weight is 390 g/mol. The Bertz CT molecular complexity index is 986. The van der Waals surface area contributed by atoms with Gasteiger partial charge in [0.25, 0.3) is 0 Å². The molecule has 2 aliphatic rings. The van der Waals surface area contributed by atoms with Gasteiger partial charge in [-0.2, -0.15) is 0 Å². The van der Waals surface area contributed by atoms with Gasteiger partial charge in [-0.1, -0.05) is 43.3 Å². The fourth-order valence-corrected chi connectivity index (χ4v) is 4.33. The van der Waals surface area contributed by atoms with E-state index in [1.54, 1.807) is 0 Å². The van der Waals surface area contributed by atoms with Crippen molar-refractivity contribution in [2.45, 2.75) is 26.3 Å². The molecule has 2 aliphatic heterocycles. The molecule has 0 saturated heterocycles. The molecule has 1 aromatic heterocycles. The SMILES string of the molecule is C[C@H](Cc1ccc2c(c1)OCO2)CN1CCc2nnc(-c3ccccc3)n2CC1. The topological polar surface area (TPSA) is 52.4 Å². The second kappa shape index (κ2) is 7.87. The number of hydrogen-bond donors (Lipinski definition) is 0. The van der Waals surface area contributed by atoms with E-state index in [2.05, 4.69) is 63.0 Å². The van der Waals surface area contributed by atoms with Crippen molar-refractivity contribution in [1.82, 2.24) is 19.7 Å². The molecule has 0 unspecified atom stereocenters. The van der Waals surface area contributed by atoms with Gasteiger partial charge in [0, 0.05) is 38.2 Å². The van der Waals surface area contributed by atoms with Crippen molar-refractivity contribution in [1.29, 1.82) is 0 Å². The van der Waals surface area contributed by atoms with E-state index in [0.29, 0.717) is 12.7 Å². The van der Waals surface area contributed by atoms with Gasteiger partial charge in [-0.15, -0.1) is 10.2 Å². The van der Waals surface area contributed by atoms with Crippen LogP contribution in [0.4, 0.5) is 0 Å². The van der Waals surface area contributed by atoms with Crippen LogP contribution in [0, 0.1) is 5.92 Å². The smallest absolute Gasteiger partial charge is 0.231 e. The van der Waals surface area contributed by atoms with Gasteiger partial charge in [-0.3, -0.25) is 0 Å². The molecule has 6 heteroatoms. The van der Waals surface area contributed by atoms with Crippen molar-refractivity contribution in [3.63, 3.8) is 0 Å². The summed E-state index contributed by atoms with van der Waals surface area (Å²) in [5, 5.41) is 8.92. The Morgan fingerprint density at radius 3 is 2.72 bits per heavy atom. The zero-order valence-corrected chi connectivity index (χ0v) is 16.8. The van der Waals surface area contributed by atoms with E-state index in [-0.39, 0.29) is 0 Å². The van der Waals surface area contributed by atoms with Crippen molar-refractivity contribution in [2.24, 2.45) is 5.92 Å². The van der Waals surface area contributed by atoms with E-state index < -0.39 is 0 Å². The number of aromatic nitrogens is 3. The van der Waals surface area contributed by atoms with E-state index in [0.717, 1.165) is 67.7 Å². The summed E-state index contributed by atoms with van der Waals surface area (Å²) < 4.78 is 13.2. The van der Waals surface area contributed by atoms with Crippen molar-refractivity contribution in [3.05, 3.63) is 59.9 Å². The standard InChI is InChI=1S/C23H26N4O2/c1-17(13-18-7-8-20-21(14-18)29-16-28-20)15-26-10-9-22-24-25-23(27(22)12-11-26)19-5-3-2-4-6-19/h2-8,14,17H,9-13,15-16H2,1H3/t17-/m1/s1. The van der Waals surface area contributed by atoms with Crippen molar-refractivity contribution in [3.8, 4) is 22.9 Å². The fourth-order valence-electron chi connectivity index (χ4n) is 4.33. The molecule has 0 fully saturated rings. The van der Waals surface area contributed by atoms with Crippen LogP contribution in [0.15, 0.2) is 48.5 Å². The van der Waals surface area contributed by atoms with Gasteiger partial charge in [0.05, 0.1) is 0 Å². The first-order valence-corrected chi connectivity index (χ1v) is 10.3. The van der Waals surface area contributed by atoms with Crippen LogP contribution in [0.5, 0.6) is 11.5 Å². The highest BCUT2D eigenvalue weighted by molar-refractivity contribution is 5.55. The Morgan fingerprint density at radius 2 is 1.83 bits per heavy atom. The van der Waals surface area contributed by atoms with Gasteiger partial charge < -0.3 is 18.9 Å². The quantitative estimate of drug-likeness (QED) is 0.668. The second-order valence-electron chi connectivity index (χ2n) is 8.01. The monoisotopic (exact) mass is 390 g/mol. The van der Waals surface area contributed by atoms with Crippen LogP contribution in [-0.2, 0) is 19.4 Å². The van der Waals surface area contributed by atoms with E-state index in [4.69, 9.17) is 9.47 Å². The summed E-state index contributed by atoms with van der Waals surface area (Å²) in [5.74, 6) is 4.36. The van der Waals surface area contributed by atoms with E-state index in [9.17, 15) is 0 Å². The molecule has 0 N–H and O–H groups in total. The molecule has 0 amide bonds. The molecule has 0 radical (unpaired) electrons. The fraction of sp³-hybridized carbons (Fsp3) is 0.391. The Hall–Kier alpha value is -2.86. The number of rotatable bonds is 5. The minimum Gasteiger partial charge on any atom is -0.454 e. The van der Waals surface area contributed by atoms with Gasteiger partial charge in [0.1, 0.15) is 5.82 Å². The lowest BCUT2D eigenvalue weighted by molar-refractivity contribution is 0.174. The number of nitrogens with zero attached hydrogens (tertiary/aromatic N) is 4. The summed E-state index contributed by atoms with van der Waals surface area (Å²) in [6, 6.07) is 16.6. The van der Waals surface area contributed by atoms with Crippen molar-refractivity contribution in [2.75, 3.05) is 26.4 Å². The van der Waals surface area contributed by atoms with Gasteiger partial charge in [0.15, 0.2) is 17.3 Å². The Labute approximate surface area is 171 Å². The van der Waals surface area contributed by atoms with Crippen LogP contribution < -0.4 is 9.47 Å². The molecule has 3 heterocycles. The Kier molecular flexibility index (Phi) is 4.94. The number of hydrogen-bond acceptors (Lipinski definition) is 5. The molecule has 1 atom stereocenters. The highest BCUT2D eigenvalue weighted by Gasteiger charge is 2.21. The van der Waals surface area contributed by atoms with Crippen LogP contribution in [-0.4, -0.2) is 46.1 Å². The summed E-state index contributed by atoms with van der Waals surface area (Å²) in [7, 11) is 0. The highest BCUT2D eigenvalue weighted by Crippen LogP contribution is 2.33. The molecule has 0 bridgehead atoms. The third-order valence-electron chi connectivity index (χ3n) is 5.74. The lowest BCUT2D eigenvalue weighted by atomic mass is 10.00. The minimum absolute atomic E-state index is 0.330. The zero-order chi connectivity index (χ0) is 19.6. The van der Waals surface area contributed by atoms with Crippen LogP contribution >= 0.6 is 0 Å². The molecular formula is C23H26N4O2. The first kappa shape index (κ1) is 18.2. The normalized spacial score (nSPS) is 17.0. The van der Waals surface area contributed by atoms with E-state index in [1.807, 2.05) is 12.1 Å². The highest BCUT2D eigenvalue weighted by atomic mass is 16.7. The summed E-state index contributed by atoms with van der Waals surface area (Å²) in [4.78, 5) is 2.56.